The Morgan fingerprint density at radius 3 is 1.75 bits per heavy atom. The highest BCUT2D eigenvalue weighted by Gasteiger charge is 2.18. The third kappa shape index (κ3) is 8.92. The molecular formula is C36H44N6O6. The van der Waals surface area contributed by atoms with Gasteiger partial charge in [0.15, 0.2) is 0 Å². The van der Waals surface area contributed by atoms with Crippen LogP contribution < -0.4 is 30.7 Å². The van der Waals surface area contributed by atoms with Crippen molar-refractivity contribution < 1.29 is 29.3 Å². The fraction of sp³-hybridized carbons (Fsp3) is 0.333. The number of pyridine rings is 2. The Bertz CT molecular complexity index is 1730. The van der Waals surface area contributed by atoms with Crippen LogP contribution in [0.5, 0.6) is 11.5 Å². The van der Waals surface area contributed by atoms with E-state index in [9.17, 15) is 14.7 Å². The maximum absolute atomic E-state index is 13.3. The highest BCUT2D eigenvalue weighted by molar-refractivity contribution is 6.05. The molecule has 0 aliphatic rings. The molecule has 0 aliphatic carbocycles. The molecule has 12 nitrogen and oxygen atoms in total. The minimum atomic E-state index is -0.385. The summed E-state index contributed by atoms with van der Waals surface area (Å²) in [7, 11) is 3.08. The number of nitrogens with one attached hydrogen (secondary N) is 4. The second kappa shape index (κ2) is 17.3. The minimum absolute atomic E-state index is 0.00106. The first kappa shape index (κ1) is 36.0. The maximum Gasteiger partial charge on any atom is 0.274 e. The molecule has 0 unspecified atom stereocenters. The van der Waals surface area contributed by atoms with E-state index >= 15 is 0 Å². The molecule has 0 spiro atoms. The predicted molar refractivity (Wildman–Crippen MR) is 186 cm³/mol. The van der Waals surface area contributed by atoms with E-state index in [1.807, 2.05) is 57.2 Å². The maximum atomic E-state index is 13.3. The van der Waals surface area contributed by atoms with E-state index < -0.39 is 0 Å². The van der Waals surface area contributed by atoms with Gasteiger partial charge in [0.1, 0.15) is 22.9 Å². The van der Waals surface area contributed by atoms with E-state index in [1.165, 1.54) is 7.11 Å². The molecule has 0 fully saturated rings. The minimum Gasteiger partial charge on any atom is -0.496 e. The van der Waals surface area contributed by atoms with Gasteiger partial charge >= 0.3 is 0 Å². The number of ether oxygens (including phenoxy) is 2. The average molecular weight is 657 g/mol. The van der Waals surface area contributed by atoms with Gasteiger partial charge in [-0.3, -0.25) is 19.6 Å². The van der Waals surface area contributed by atoms with E-state index in [0.29, 0.717) is 48.9 Å². The Kier molecular flexibility index (Phi) is 13.0. The number of carbonyl (C=O) groups is 2. The average Bonchev–Trinajstić information content (AvgIpc) is 3.10. The van der Waals surface area contributed by atoms with E-state index in [0.717, 1.165) is 33.4 Å². The van der Waals surface area contributed by atoms with Crippen LogP contribution in [-0.4, -0.2) is 72.0 Å². The van der Waals surface area contributed by atoms with Gasteiger partial charge in [0.25, 0.3) is 11.8 Å². The number of carbonyl (C=O) groups excluding carboxylic acids is 2. The molecule has 2 heterocycles. The smallest absolute Gasteiger partial charge is 0.274 e. The summed E-state index contributed by atoms with van der Waals surface area (Å²) in [6, 6.07) is 14.4. The van der Waals surface area contributed by atoms with Crippen LogP contribution in [0, 0.1) is 13.8 Å². The Morgan fingerprint density at radius 2 is 1.29 bits per heavy atom. The lowest BCUT2D eigenvalue weighted by Crippen LogP contribution is -2.29. The first-order valence-corrected chi connectivity index (χ1v) is 15.7. The van der Waals surface area contributed by atoms with E-state index in [4.69, 9.17) is 14.6 Å². The normalized spacial score (nSPS) is 11.6. The monoisotopic (exact) mass is 656 g/mol. The van der Waals surface area contributed by atoms with Gasteiger partial charge in [-0.05, 0) is 68.1 Å². The highest BCUT2D eigenvalue weighted by atomic mass is 16.5. The number of benzene rings is 2. The van der Waals surface area contributed by atoms with Crippen molar-refractivity contribution in [1.29, 1.82) is 0 Å². The molecule has 4 rings (SSSR count). The summed E-state index contributed by atoms with van der Waals surface area (Å²) < 4.78 is 11.0. The first-order chi connectivity index (χ1) is 23.2. The fourth-order valence-corrected chi connectivity index (χ4v) is 5.10. The lowest BCUT2D eigenvalue weighted by atomic mass is 9.94. The standard InChI is InChI=1S/C36H44N6O6/c1-22(21-44)38-18-26-20-40-32(16-34(26)48-5)36(46)42-30-12-7-10-28(24(30)3)27-9-6-11-29(23(27)2)41-35(45)31-15-33(47-4)25(19-39-31)17-37-13-8-14-43/h6-7,9-12,15-16,19-20,22,37-38,43-44H,8,13-14,17-18,21H2,1-5H3,(H,41,45)(H,42,46)/t22-/m0/s1. The molecule has 1 atom stereocenters. The van der Waals surface area contributed by atoms with Crippen molar-refractivity contribution in [1.82, 2.24) is 20.6 Å². The molecule has 254 valence electrons. The van der Waals surface area contributed by atoms with Gasteiger partial charge in [0.05, 0.1) is 20.8 Å². The van der Waals surface area contributed by atoms with Gasteiger partial charge in [-0.2, -0.15) is 0 Å². The van der Waals surface area contributed by atoms with Crippen molar-refractivity contribution in [2.75, 3.05) is 44.6 Å². The number of anilines is 2. The molecule has 4 aromatic rings. The number of hydrogen-bond acceptors (Lipinski definition) is 10. The summed E-state index contributed by atoms with van der Waals surface area (Å²) >= 11 is 0. The molecule has 48 heavy (non-hydrogen) atoms. The molecule has 0 saturated heterocycles. The first-order valence-electron chi connectivity index (χ1n) is 15.7. The highest BCUT2D eigenvalue weighted by Crippen LogP contribution is 2.34. The van der Waals surface area contributed by atoms with E-state index in [1.54, 1.807) is 31.6 Å². The Morgan fingerprint density at radius 1 is 0.792 bits per heavy atom. The molecule has 2 aromatic heterocycles. The van der Waals surface area contributed by atoms with Crippen LogP contribution in [0.25, 0.3) is 11.1 Å². The summed E-state index contributed by atoms with van der Waals surface area (Å²) in [5.41, 5.74) is 6.72. The molecule has 0 aliphatic heterocycles. The number of aromatic nitrogens is 2. The largest absolute Gasteiger partial charge is 0.496 e. The summed E-state index contributed by atoms with van der Waals surface area (Å²) in [6.07, 6.45) is 3.85. The quantitative estimate of drug-likeness (QED) is 0.0961. The van der Waals surface area contributed by atoms with Crippen LogP contribution in [0.4, 0.5) is 11.4 Å². The van der Waals surface area contributed by atoms with Crippen molar-refractivity contribution in [3.8, 4) is 22.6 Å². The zero-order valence-corrected chi connectivity index (χ0v) is 28.0. The number of aliphatic hydroxyl groups is 2. The van der Waals surface area contributed by atoms with Crippen molar-refractivity contribution in [3.63, 3.8) is 0 Å². The Hall–Kier alpha value is -4.88. The van der Waals surface area contributed by atoms with Gasteiger partial charge < -0.3 is 41.0 Å². The second-order valence-corrected chi connectivity index (χ2v) is 11.3. The lowest BCUT2D eigenvalue weighted by Gasteiger charge is -2.17. The molecular weight excluding hydrogens is 612 g/mol. The number of amides is 2. The lowest BCUT2D eigenvalue weighted by molar-refractivity contribution is 0.101. The summed E-state index contributed by atoms with van der Waals surface area (Å²) in [6.45, 7) is 7.41. The van der Waals surface area contributed by atoms with Crippen LogP contribution in [-0.2, 0) is 13.1 Å². The van der Waals surface area contributed by atoms with Gasteiger partial charge in [-0.15, -0.1) is 0 Å². The number of hydrogen-bond donors (Lipinski definition) is 6. The number of nitrogens with zero attached hydrogens (tertiary/aromatic N) is 2. The third-order valence-corrected chi connectivity index (χ3v) is 7.99. The number of rotatable bonds is 16. The Labute approximate surface area is 280 Å². The van der Waals surface area contributed by atoms with Gasteiger partial charge in [0, 0.05) is 72.8 Å². The van der Waals surface area contributed by atoms with Crippen LogP contribution >= 0.6 is 0 Å². The SMILES string of the molecule is COc1cc(C(=O)Nc2cccc(-c3cccc(NC(=O)c4cc(OC)c(CN[C@@H](C)CO)cn4)c3C)c2C)ncc1CNCCCO. The molecule has 0 saturated carbocycles. The van der Waals surface area contributed by atoms with Crippen LogP contribution in [0.1, 0.15) is 56.6 Å². The van der Waals surface area contributed by atoms with Crippen molar-refractivity contribution in [2.45, 2.75) is 46.3 Å². The third-order valence-electron chi connectivity index (χ3n) is 7.99. The van der Waals surface area contributed by atoms with Gasteiger partial charge in [0.2, 0.25) is 0 Å². The fourth-order valence-electron chi connectivity index (χ4n) is 5.10. The topological polar surface area (TPSA) is 167 Å². The molecule has 0 bridgehead atoms. The second-order valence-electron chi connectivity index (χ2n) is 11.3. The molecule has 6 N–H and O–H groups in total. The van der Waals surface area contributed by atoms with Gasteiger partial charge in [-0.1, -0.05) is 24.3 Å². The molecule has 12 heteroatoms. The van der Waals surface area contributed by atoms with Gasteiger partial charge in [-0.25, -0.2) is 0 Å². The predicted octanol–water partition coefficient (Wildman–Crippen LogP) is 4.22. The number of methoxy groups -OCH3 is 2. The van der Waals surface area contributed by atoms with E-state index in [-0.39, 0.29) is 42.5 Å². The number of aliphatic hydroxyl groups excluding tert-OH is 2. The van der Waals surface area contributed by atoms with Crippen molar-refractivity contribution in [3.05, 3.63) is 94.6 Å². The zero-order valence-electron chi connectivity index (χ0n) is 28.0. The molecule has 2 amide bonds. The van der Waals surface area contributed by atoms with Crippen LogP contribution in [0.15, 0.2) is 60.9 Å². The van der Waals surface area contributed by atoms with Crippen LogP contribution in [0.2, 0.25) is 0 Å². The van der Waals surface area contributed by atoms with Crippen molar-refractivity contribution in [2.24, 2.45) is 0 Å². The Balaban J connectivity index is 1.51. The molecule has 2 aromatic carbocycles. The summed E-state index contributed by atoms with van der Waals surface area (Å²) in [4.78, 5) is 35.3. The summed E-state index contributed by atoms with van der Waals surface area (Å²) in [5.74, 6) is 0.299. The molecule has 0 radical (unpaired) electrons. The van der Waals surface area contributed by atoms with E-state index in [2.05, 4.69) is 31.2 Å². The summed E-state index contributed by atoms with van der Waals surface area (Å²) in [5, 5.41) is 30.6. The zero-order chi connectivity index (χ0) is 34.6. The van der Waals surface area contributed by atoms with Crippen molar-refractivity contribution >= 4 is 23.2 Å². The van der Waals surface area contributed by atoms with Crippen LogP contribution in [0.3, 0.4) is 0 Å².